The van der Waals surface area contributed by atoms with E-state index in [1.54, 1.807) is 6.33 Å². The lowest BCUT2D eigenvalue weighted by molar-refractivity contribution is 0.0799. The standard InChI is InChI=1S/C28H33N7/c1-16(2)25-26(22-14-35-28(30-15-31-35)18(4)17(22)3)33-24-11-10-23(32-27(24)25)19-6-8-21(9-7-19)34-12-20(13-34)29-5/h10-11,14-16,19-21,33H,6-9,12-13H2,1-4H3. The molecule has 1 aliphatic carbocycles. The zero-order valence-electron chi connectivity index (χ0n) is 21.0. The van der Waals surface area contributed by atoms with Gasteiger partial charge < -0.3 is 9.83 Å². The van der Waals surface area contributed by atoms with Crippen LogP contribution in [0.2, 0.25) is 0 Å². The average Bonchev–Trinajstić information content (AvgIpc) is 3.45. The number of hydrogen-bond donors (Lipinski definition) is 1. The molecule has 7 nitrogen and oxygen atoms in total. The third kappa shape index (κ3) is 3.63. The number of likely N-dealkylation sites (tertiary alicyclic amines) is 1. The Bertz CT molecular complexity index is 1440. The average molecular weight is 468 g/mol. The maximum atomic E-state index is 7.21. The SMILES string of the molecule is [C-]#[N+]C1CN(C2CCC(c3ccc4[nH]c(-c5cn6ncnc6c(C)c5C)c(C(C)C)c4n3)CC2)C1. The minimum Gasteiger partial charge on any atom is -0.353 e. The first-order valence-electron chi connectivity index (χ1n) is 12.9. The number of aryl methyl sites for hydroxylation is 1. The Morgan fingerprint density at radius 2 is 1.86 bits per heavy atom. The first-order valence-corrected chi connectivity index (χ1v) is 12.9. The Morgan fingerprint density at radius 1 is 1.09 bits per heavy atom. The van der Waals surface area contributed by atoms with Gasteiger partial charge in [-0.3, -0.25) is 9.88 Å². The number of pyridine rings is 2. The van der Waals surface area contributed by atoms with Crippen molar-refractivity contribution in [2.75, 3.05) is 13.1 Å². The van der Waals surface area contributed by atoms with Gasteiger partial charge in [0, 0.05) is 35.0 Å². The maximum absolute atomic E-state index is 7.21. The molecule has 0 spiro atoms. The van der Waals surface area contributed by atoms with Crippen LogP contribution in [-0.2, 0) is 0 Å². The van der Waals surface area contributed by atoms with Crippen molar-refractivity contribution in [2.24, 2.45) is 0 Å². The van der Waals surface area contributed by atoms with Gasteiger partial charge in [-0.15, -0.1) is 0 Å². The van der Waals surface area contributed by atoms with Crippen LogP contribution in [0.5, 0.6) is 0 Å². The lowest BCUT2D eigenvalue weighted by atomic mass is 9.82. The molecule has 1 saturated carbocycles. The van der Waals surface area contributed by atoms with E-state index in [4.69, 9.17) is 11.6 Å². The molecule has 1 aliphatic heterocycles. The zero-order chi connectivity index (χ0) is 24.3. The molecule has 1 saturated heterocycles. The molecule has 5 heterocycles. The van der Waals surface area contributed by atoms with Crippen molar-refractivity contribution < 1.29 is 0 Å². The van der Waals surface area contributed by atoms with E-state index in [9.17, 15) is 0 Å². The van der Waals surface area contributed by atoms with Gasteiger partial charge in [0.15, 0.2) is 5.65 Å². The fraction of sp³-hybridized carbons (Fsp3) is 0.500. The molecule has 0 amide bonds. The molecule has 0 atom stereocenters. The fourth-order valence-corrected chi connectivity index (χ4v) is 6.16. The molecule has 0 aromatic carbocycles. The summed E-state index contributed by atoms with van der Waals surface area (Å²) in [6, 6.07) is 5.34. The highest BCUT2D eigenvalue weighted by Crippen LogP contribution is 2.40. The molecule has 4 aromatic rings. The Labute approximate surface area is 206 Å². The summed E-state index contributed by atoms with van der Waals surface area (Å²) in [5, 5.41) is 4.41. The molecule has 1 N–H and O–H groups in total. The van der Waals surface area contributed by atoms with Crippen molar-refractivity contribution in [1.82, 2.24) is 29.5 Å². The molecule has 4 aromatic heterocycles. The first-order chi connectivity index (χ1) is 16.9. The minimum absolute atomic E-state index is 0.228. The van der Waals surface area contributed by atoms with Gasteiger partial charge in [-0.2, -0.15) is 5.10 Å². The molecule has 2 aliphatic rings. The molecular weight excluding hydrogens is 434 g/mol. The second-order valence-electron chi connectivity index (χ2n) is 10.8. The van der Waals surface area contributed by atoms with Gasteiger partial charge in [-0.25, -0.2) is 16.1 Å². The molecule has 35 heavy (non-hydrogen) atoms. The summed E-state index contributed by atoms with van der Waals surface area (Å²) < 4.78 is 1.88. The second-order valence-corrected chi connectivity index (χ2v) is 10.8. The van der Waals surface area contributed by atoms with Crippen LogP contribution in [0.3, 0.4) is 0 Å². The highest BCUT2D eigenvalue weighted by molar-refractivity contribution is 5.89. The Balaban J connectivity index is 1.33. The lowest BCUT2D eigenvalue weighted by Crippen LogP contribution is -2.54. The summed E-state index contributed by atoms with van der Waals surface area (Å²) in [6.07, 6.45) is 8.49. The van der Waals surface area contributed by atoms with Crippen LogP contribution in [0.15, 0.2) is 24.7 Å². The van der Waals surface area contributed by atoms with Gasteiger partial charge in [-0.1, -0.05) is 13.8 Å². The number of H-pyrrole nitrogens is 1. The van der Waals surface area contributed by atoms with E-state index >= 15 is 0 Å². The van der Waals surface area contributed by atoms with Crippen molar-refractivity contribution in [3.63, 3.8) is 0 Å². The molecule has 6 rings (SSSR count). The van der Waals surface area contributed by atoms with Gasteiger partial charge in [0.05, 0.1) is 29.8 Å². The van der Waals surface area contributed by atoms with E-state index in [2.05, 4.69) is 70.8 Å². The highest BCUT2D eigenvalue weighted by Gasteiger charge is 2.38. The normalized spacial score (nSPS) is 21.6. The monoisotopic (exact) mass is 467 g/mol. The van der Waals surface area contributed by atoms with E-state index in [0.29, 0.717) is 17.9 Å². The second kappa shape index (κ2) is 8.46. The number of hydrogen-bond acceptors (Lipinski definition) is 4. The van der Waals surface area contributed by atoms with Crippen LogP contribution < -0.4 is 0 Å². The molecule has 0 unspecified atom stereocenters. The third-order valence-electron chi connectivity index (χ3n) is 8.38. The largest absolute Gasteiger partial charge is 0.353 e. The summed E-state index contributed by atoms with van der Waals surface area (Å²) in [5.74, 6) is 0.854. The molecule has 7 heteroatoms. The number of aromatic nitrogens is 5. The van der Waals surface area contributed by atoms with Crippen molar-refractivity contribution in [3.05, 3.63) is 58.5 Å². The summed E-state index contributed by atoms with van der Waals surface area (Å²) in [5.41, 5.74) is 10.3. The Kier molecular flexibility index (Phi) is 5.37. The van der Waals surface area contributed by atoms with E-state index in [0.717, 1.165) is 46.6 Å². The van der Waals surface area contributed by atoms with E-state index in [-0.39, 0.29) is 6.04 Å². The molecular formula is C28H33N7. The lowest BCUT2D eigenvalue weighted by Gasteiger charge is -2.41. The number of nitrogens with one attached hydrogen (secondary N) is 1. The van der Waals surface area contributed by atoms with Crippen molar-refractivity contribution >= 4 is 16.7 Å². The van der Waals surface area contributed by atoms with Crippen LogP contribution in [0, 0.1) is 20.4 Å². The van der Waals surface area contributed by atoms with Gasteiger partial charge in [0.1, 0.15) is 6.33 Å². The quantitative estimate of drug-likeness (QED) is 0.394. The van der Waals surface area contributed by atoms with Crippen molar-refractivity contribution in [3.8, 4) is 11.3 Å². The van der Waals surface area contributed by atoms with Crippen LogP contribution in [0.4, 0.5) is 0 Å². The number of fused-ring (bicyclic) bond motifs is 2. The number of aromatic amines is 1. The minimum atomic E-state index is 0.228. The first kappa shape index (κ1) is 22.2. The van der Waals surface area contributed by atoms with Crippen LogP contribution >= 0.6 is 0 Å². The summed E-state index contributed by atoms with van der Waals surface area (Å²) in [6.45, 7) is 17.9. The van der Waals surface area contributed by atoms with Gasteiger partial charge in [-0.05, 0) is 68.7 Å². The maximum Gasteiger partial charge on any atom is 0.248 e. The predicted molar refractivity (Wildman–Crippen MR) is 139 cm³/mol. The van der Waals surface area contributed by atoms with Crippen LogP contribution in [-0.4, -0.2) is 54.6 Å². The highest BCUT2D eigenvalue weighted by atomic mass is 15.3. The molecule has 180 valence electrons. The predicted octanol–water partition coefficient (Wildman–Crippen LogP) is 5.64. The number of rotatable bonds is 4. The van der Waals surface area contributed by atoms with E-state index in [1.165, 1.54) is 42.5 Å². The third-order valence-corrected chi connectivity index (χ3v) is 8.38. The summed E-state index contributed by atoms with van der Waals surface area (Å²) in [7, 11) is 0. The van der Waals surface area contributed by atoms with E-state index < -0.39 is 0 Å². The van der Waals surface area contributed by atoms with Crippen LogP contribution in [0.25, 0.3) is 32.8 Å². The Morgan fingerprint density at radius 3 is 2.57 bits per heavy atom. The van der Waals surface area contributed by atoms with Crippen LogP contribution in [0.1, 0.15) is 73.8 Å². The fourth-order valence-electron chi connectivity index (χ4n) is 6.16. The summed E-state index contributed by atoms with van der Waals surface area (Å²) >= 11 is 0. The Hall–Kier alpha value is -3.24. The zero-order valence-corrected chi connectivity index (χ0v) is 21.0. The number of nitrogens with zero attached hydrogens (tertiary/aromatic N) is 6. The van der Waals surface area contributed by atoms with Gasteiger partial charge in [0.25, 0.3) is 0 Å². The van der Waals surface area contributed by atoms with Crippen molar-refractivity contribution in [2.45, 2.75) is 77.3 Å². The topological polar surface area (TPSA) is 66.5 Å². The van der Waals surface area contributed by atoms with Gasteiger partial charge >= 0.3 is 0 Å². The van der Waals surface area contributed by atoms with Gasteiger partial charge in [0.2, 0.25) is 6.04 Å². The molecule has 0 radical (unpaired) electrons. The summed E-state index contributed by atoms with van der Waals surface area (Å²) in [4.78, 5) is 19.6. The smallest absolute Gasteiger partial charge is 0.248 e. The molecule has 2 fully saturated rings. The van der Waals surface area contributed by atoms with E-state index in [1.807, 2.05) is 4.52 Å². The molecule has 0 bridgehead atoms. The van der Waals surface area contributed by atoms with Crippen molar-refractivity contribution in [1.29, 1.82) is 0 Å².